The lowest BCUT2D eigenvalue weighted by molar-refractivity contribution is 0.0850. The van der Waals surface area contributed by atoms with Crippen molar-refractivity contribution in [2.24, 2.45) is 5.92 Å². The predicted molar refractivity (Wildman–Crippen MR) is 68.2 cm³/mol. The minimum Gasteiger partial charge on any atom is -0.378 e. The summed E-state index contributed by atoms with van der Waals surface area (Å²) in [6.45, 7) is 7.74. The summed E-state index contributed by atoms with van der Waals surface area (Å²) < 4.78 is 5.36. The second-order valence-corrected chi connectivity index (χ2v) is 5.14. The predicted octanol–water partition coefficient (Wildman–Crippen LogP) is 2.29. The molecule has 2 aliphatic rings. The van der Waals surface area contributed by atoms with Crippen molar-refractivity contribution in [3.63, 3.8) is 0 Å². The molecule has 98 valence electrons. The van der Waals surface area contributed by atoms with Crippen LogP contribution in [0.15, 0.2) is 24.3 Å². The smallest absolute Gasteiger partial charge is 0.261 e. The fraction of sp³-hybridized carbons (Fsp3) is 0.571. The largest absolute Gasteiger partial charge is 0.378 e. The Kier molecular flexibility index (Phi) is 3.01. The average Bonchev–Trinajstić information content (AvgIpc) is 3.22. The molecule has 18 heavy (non-hydrogen) atoms. The number of morpholine rings is 1. The van der Waals surface area contributed by atoms with Crippen LogP contribution in [0.5, 0.6) is 0 Å². The lowest BCUT2D eigenvalue weighted by Crippen LogP contribution is -2.36. The van der Waals surface area contributed by atoms with Crippen LogP contribution in [0.3, 0.4) is 0 Å². The molecule has 0 radical (unpaired) electrons. The molecule has 0 spiro atoms. The van der Waals surface area contributed by atoms with Crippen LogP contribution in [0.4, 0.5) is 5.69 Å². The highest BCUT2D eigenvalue weighted by Crippen LogP contribution is 2.47. The summed E-state index contributed by atoms with van der Waals surface area (Å²) in [7, 11) is 0. The zero-order chi connectivity index (χ0) is 12.6. The number of anilines is 1. The fourth-order valence-electron chi connectivity index (χ4n) is 2.39. The van der Waals surface area contributed by atoms with Gasteiger partial charge in [-0.3, -0.25) is 0 Å². The number of rotatable bonds is 3. The van der Waals surface area contributed by atoms with Crippen LogP contribution in [-0.2, 0) is 20.3 Å². The van der Waals surface area contributed by atoms with Crippen LogP contribution in [0, 0.1) is 5.92 Å². The van der Waals surface area contributed by atoms with Gasteiger partial charge in [-0.05, 0) is 12.1 Å². The first-order valence-corrected chi connectivity index (χ1v) is 6.52. The zero-order valence-corrected chi connectivity index (χ0v) is 10.9. The highest BCUT2D eigenvalue weighted by molar-refractivity contribution is 5.48. The van der Waals surface area contributed by atoms with E-state index in [1.807, 2.05) is 0 Å². The molecule has 4 nitrogen and oxygen atoms in total. The van der Waals surface area contributed by atoms with E-state index < -0.39 is 5.79 Å². The molecule has 4 heteroatoms. The van der Waals surface area contributed by atoms with Gasteiger partial charge in [0.1, 0.15) is 0 Å². The highest BCUT2D eigenvalue weighted by atomic mass is 17.4. The van der Waals surface area contributed by atoms with Gasteiger partial charge in [-0.1, -0.05) is 26.0 Å². The molecule has 0 aromatic heterocycles. The molecule has 2 aliphatic heterocycles. The van der Waals surface area contributed by atoms with Crippen LogP contribution in [0.25, 0.3) is 0 Å². The van der Waals surface area contributed by atoms with Gasteiger partial charge in [-0.25, -0.2) is 0 Å². The minimum absolute atomic E-state index is 0.312. The van der Waals surface area contributed by atoms with Gasteiger partial charge in [-0.2, -0.15) is 9.78 Å². The Morgan fingerprint density at radius 1 is 1.06 bits per heavy atom. The van der Waals surface area contributed by atoms with Crippen LogP contribution < -0.4 is 4.90 Å². The summed E-state index contributed by atoms with van der Waals surface area (Å²) in [4.78, 5) is 12.7. The summed E-state index contributed by atoms with van der Waals surface area (Å²) in [5, 5.41) is 0. The van der Waals surface area contributed by atoms with E-state index in [1.165, 1.54) is 5.69 Å². The van der Waals surface area contributed by atoms with E-state index in [1.54, 1.807) is 0 Å². The zero-order valence-electron chi connectivity index (χ0n) is 10.9. The molecule has 1 aromatic rings. The van der Waals surface area contributed by atoms with E-state index >= 15 is 0 Å². The highest BCUT2D eigenvalue weighted by Gasteiger charge is 2.53. The molecule has 0 aliphatic carbocycles. The molecule has 0 bridgehead atoms. The Morgan fingerprint density at radius 2 is 1.67 bits per heavy atom. The average molecular weight is 249 g/mol. The molecule has 2 heterocycles. The molecule has 0 unspecified atom stereocenters. The monoisotopic (exact) mass is 249 g/mol. The van der Waals surface area contributed by atoms with Gasteiger partial charge < -0.3 is 9.64 Å². The van der Waals surface area contributed by atoms with E-state index in [4.69, 9.17) is 14.5 Å². The maximum atomic E-state index is 5.36. The van der Waals surface area contributed by atoms with Gasteiger partial charge in [0.05, 0.1) is 13.2 Å². The lowest BCUT2D eigenvalue weighted by atomic mass is 9.96. The maximum absolute atomic E-state index is 5.36. The standard InChI is InChI=1S/C14H19NO3/c1-11(2)14(17-18-14)12-3-5-13(6-4-12)15-7-9-16-10-8-15/h3-6,11H,7-10H2,1-2H3. The number of hydrogen-bond donors (Lipinski definition) is 0. The summed E-state index contributed by atoms with van der Waals surface area (Å²) in [5.74, 6) is -0.199. The second kappa shape index (κ2) is 4.53. The summed E-state index contributed by atoms with van der Waals surface area (Å²) >= 11 is 0. The van der Waals surface area contributed by atoms with Crippen molar-refractivity contribution >= 4 is 5.69 Å². The van der Waals surface area contributed by atoms with E-state index in [2.05, 4.69) is 43.0 Å². The molecule has 3 rings (SSSR count). The first-order valence-electron chi connectivity index (χ1n) is 6.52. The number of benzene rings is 1. The minimum atomic E-state index is -0.510. The van der Waals surface area contributed by atoms with Crippen LogP contribution in [0.1, 0.15) is 19.4 Å². The van der Waals surface area contributed by atoms with Crippen molar-refractivity contribution in [1.82, 2.24) is 0 Å². The van der Waals surface area contributed by atoms with Crippen LogP contribution >= 0.6 is 0 Å². The van der Waals surface area contributed by atoms with Gasteiger partial charge in [0.2, 0.25) is 0 Å². The molecule has 1 aromatic carbocycles. The fourth-order valence-corrected chi connectivity index (χ4v) is 2.39. The quantitative estimate of drug-likeness (QED) is 0.608. The van der Waals surface area contributed by atoms with Crippen LogP contribution in [-0.4, -0.2) is 26.3 Å². The first-order chi connectivity index (χ1) is 8.72. The molecule has 0 amide bonds. The van der Waals surface area contributed by atoms with Crippen molar-refractivity contribution in [2.45, 2.75) is 19.6 Å². The third-order valence-electron chi connectivity index (χ3n) is 3.67. The van der Waals surface area contributed by atoms with Gasteiger partial charge in [-0.15, -0.1) is 0 Å². The van der Waals surface area contributed by atoms with E-state index in [0.29, 0.717) is 5.92 Å². The Balaban J connectivity index is 1.77. The summed E-state index contributed by atoms with van der Waals surface area (Å²) in [6.07, 6.45) is 0. The van der Waals surface area contributed by atoms with Gasteiger partial charge >= 0.3 is 0 Å². The van der Waals surface area contributed by atoms with Crippen molar-refractivity contribution in [1.29, 1.82) is 0 Å². The molecular weight excluding hydrogens is 230 g/mol. The first kappa shape index (κ1) is 12.0. The van der Waals surface area contributed by atoms with Crippen molar-refractivity contribution < 1.29 is 14.5 Å². The summed E-state index contributed by atoms with van der Waals surface area (Å²) in [5.41, 5.74) is 2.33. The third-order valence-corrected chi connectivity index (χ3v) is 3.67. The second-order valence-electron chi connectivity index (χ2n) is 5.14. The van der Waals surface area contributed by atoms with E-state index in [-0.39, 0.29) is 0 Å². The van der Waals surface area contributed by atoms with Crippen molar-refractivity contribution in [3.05, 3.63) is 29.8 Å². The molecular formula is C14H19NO3. The third kappa shape index (κ3) is 2.00. The van der Waals surface area contributed by atoms with E-state index in [0.717, 1.165) is 31.9 Å². The van der Waals surface area contributed by atoms with Crippen LogP contribution in [0.2, 0.25) is 0 Å². The molecule has 2 saturated heterocycles. The Morgan fingerprint density at radius 3 is 2.17 bits per heavy atom. The maximum Gasteiger partial charge on any atom is 0.261 e. The van der Waals surface area contributed by atoms with Gasteiger partial charge in [0, 0.05) is 30.3 Å². The Bertz CT molecular complexity index is 406. The van der Waals surface area contributed by atoms with Crippen molar-refractivity contribution in [2.75, 3.05) is 31.2 Å². The lowest BCUT2D eigenvalue weighted by Gasteiger charge is -2.29. The molecule has 0 N–H and O–H groups in total. The molecule has 0 atom stereocenters. The number of ether oxygens (including phenoxy) is 1. The van der Waals surface area contributed by atoms with Gasteiger partial charge in [0.25, 0.3) is 5.79 Å². The van der Waals surface area contributed by atoms with E-state index in [9.17, 15) is 0 Å². The number of nitrogens with zero attached hydrogens (tertiary/aromatic N) is 1. The van der Waals surface area contributed by atoms with Gasteiger partial charge in [0.15, 0.2) is 0 Å². The summed E-state index contributed by atoms with van der Waals surface area (Å²) in [6, 6.07) is 8.46. The Labute approximate surface area is 107 Å². The molecule has 2 fully saturated rings. The Hall–Kier alpha value is -1.10. The topological polar surface area (TPSA) is 37.5 Å². The SMILES string of the molecule is CC(C)C1(c2ccc(N3CCOCC3)cc2)OO1. The normalized spacial score (nSPS) is 22.3. The molecule has 0 saturated carbocycles. The van der Waals surface area contributed by atoms with Crippen molar-refractivity contribution in [3.8, 4) is 0 Å². The number of hydrogen-bond acceptors (Lipinski definition) is 4.